The molecule has 5 nitrogen and oxygen atoms in total. The fraction of sp³-hybridized carbons (Fsp3) is 0.684. The minimum atomic E-state index is -0.108. The molecule has 0 spiro atoms. The maximum atomic E-state index is 5.83. The molecule has 0 bridgehead atoms. The van der Waals surface area contributed by atoms with E-state index in [0.29, 0.717) is 18.4 Å². The van der Waals surface area contributed by atoms with Crippen molar-refractivity contribution < 1.29 is 4.74 Å². The summed E-state index contributed by atoms with van der Waals surface area (Å²) in [4.78, 5) is 9.00. The summed E-state index contributed by atoms with van der Waals surface area (Å²) in [6.07, 6.45) is 6.00. The van der Waals surface area contributed by atoms with E-state index < -0.39 is 0 Å². The van der Waals surface area contributed by atoms with Crippen LogP contribution in [0.25, 0.3) is 0 Å². The Labute approximate surface area is 146 Å². The molecule has 1 aromatic heterocycles. The molecule has 2 unspecified atom stereocenters. The van der Waals surface area contributed by atoms with E-state index in [9.17, 15) is 0 Å². The molecule has 0 aliphatic carbocycles. The summed E-state index contributed by atoms with van der Waals surface area (Å²) in [5.41, 5.74) is 1.16. The lowest BCUT2D eigenvalue weighted by Gasteiger charge is -2.24. The minimum absolute atomic E-state index is 0.108. The molecule has 24 heavy (non-hydrogen) atoms. The standard InChI is InChI=1S/C19H32N4O/c1-5-21-18(23-14-19(4)9-7-11-24-19)22-13-17(15(2)3)16-8-6-10-20-12-16/h6,8,10,12,15,17H,5,7,9,11,13-14H2,1-4H3,(H2,21,22,23). The average Bonchev–Trinajstić information content (AvgIpc) is 3.00. The Morgan fingerprint density at radius 2 is 2.25 bits per heavy atom. The van der Waals surface area contributed by atoms with E-state index in [0.717, 1.165) is 38.5 Å². The second kappa shape index (κ2) is 9.02. The van der Waals surface area contributed by atoms with Gasteiger partial charge in [0.1, 0.15) is 0 Å². The van der Waals surface area contributed by atoms with Crippen molar-refractivity contribution in [3.05, 3.63) is 30.1 Å². The molecule has 134 valence electrons. The van der Waals surface area contributed by atoms with Gasteiger partial charge in [0.2, 0.25) is 0 Å². The number of aromatic nitrogens is 1. The Morgan fingerprint density at radius 1 is 1.42 bits per heavy atom. The fourth-order valence-electron chi connectivity index (χ4n) is 3.09. The van der Waals surface area contributed by atoms with E-state index in [2.05, 4.69) is 49.4 Å². The first-order chi connectivity index (χ1) is 11.5. The molecule has 1 fully saturated rings. The Kier molecular flexibility index (Phi) is 7.03. The second-order valence-electron chi connectivity index (χ2n) is 7.11. The SMILES string of the molecule is CCNC(=NCC1(C)CCCO1)NCC(c1cccnc1)C(C)C. The average molecular weight is 332 g/mol. The summed E-state index contributed by atoms with van der Waals surface area (Å²) in [5, 5.41) is 6.83. The first-order valence-corrected chi connectivity index (χ1v) is 9.10. The number of nitrogens with zero attached hydrogens (tertiary/aromatic N) is 2. The van der Waals surface area contributed by atoms with Crippen molar-refractivity contribution in [2.75, 3.05) is 26.2 Å². The third-order valence-corrected chi connectivity index (χ3v) is 4.62. The predicted octanol–water partition coefficient (Wildman–Crippen LogP) is 2.95. The number of ether oxygens (including phenoxy) is 1. The molecule has 2 atom stereocenters. The largest absolute Gasteiger partial charge is 0.373 e. The molecule has 0 saturated carbocycles. The number of aliphatic imine (C=N–C) groups is 1. The molecule has 1 aliphatic rings. The van der Waals surface area contributed by atoms with Crippen LogP contribution in [0.3, 0.4) is 0 Å². The van der Waals surface area contributed by atoms with Crippen LogP contribution in [-0.2, 0) is 4.74 Å². The fourth-order valence-corrected chi connectivity index (χ4v) is 3.09. The van der Waals surface area contributed by atoms with E-state index in [4.69, 9.17) is 9.73 Å². The minimum Gasteiger partial charge on any atom is -0.373 e. The van der Waals surface area contributed by atoms with Crippen LogP contribution in [0.5, 0.6) is 0 Å². The summed E-state index contributed by atoms with van der Waals surface area (Å²) in [6, 6.07) is 4.15. The van der Waals surface area contributed by atoms with Gasteiger partial charge in [-0.15, -0.1) is 0 Å². The van der Waals surface area contributed by atoms with Crippen LogP contribution in [0.4, 0.5) is 0 Å². The van der Waals surface area contributed by atoms with Crippen molar-refractivity contribution in [3.63, 3.8) is 0 Å². The molecular weight excluding hydrogens is 300 g/mol. The lowest BCUT2D eigenvalue weighted by atomic mass is 9.89. The molecule has 2 heterocycles. The maximum absolute atomic E-state index is 5.83. The van der Waals surface area contributed by atoms with Crippen molar-refractivity contribution in [2.24, 2.45) is 10.9 Å². The smallest absolute Gasteiger partial charge is 0.191 e. The van der Waals surface area contributed by atoms with Crippen molar-refractivity contribution in [1.82, 2.24) is 15.6 Å². The lowest BCUT2D eigenvalue weighted by Crippen LogP contribution is -2.41. The van der Waals surface area contributed by atoms with E-state index >= 15 is 0 Å². The second-order valence-corrected chi connectivity index (χ2v) is 7.11. The van der Waals surface area contributed by atoms with Gasteiger partial charge in [0, 0.05) is 38.0 Å². The van der Waals surface area contributed by atoms with Crippen LogP contribution in [0.1, 0.15) is 52.0 Å². The van der Waals surface area contributed by atoms with Gasteiger partial charge in [-0.05, 0) is 44.2 Å². The van der Waals surface area contributed by atoms with E-state index in [1.54, 1.807) is 0 Å². The number of nitrogens with one attached hydrogen (secondary N) is 2. The Morgan fingerprint density at radius 3 is 2.83 bits per heavy atom. The highest BCUT2D eigenvalue weighted by Crippen LogP contribution is 2.25. The van der Waals surface area contributed by atoms with Crippen molar-refractivity contribution >= 4 is 5.96 Å². The number of hydrogen-bond donors (Lipinski definition) is 2. The monoisotopic (exact) mass is 332 g/mol. The molecular formula is C19H32N4O. The van der Waals surface area contributed by atoms with Gasteiger partial charge in [-0.25, -0.2) is 0 Å². The highest BCUT2D eigenvalue weighted by Gasteiger charge is 2.29. The van der Waals surface area contributed by atoms with Gasteiger partial charge in [0.15, 0.2) is 5.96 Å². The molecule has 0 amide bonds. The Balaban J connectivity index is 1.98. The van der Waals surface area contributed by atoms with Crippen LogP contribution < -0.4 is 10.6 Å². The zero-order valence-electron chi connectivity index (χ0n) is 15.5. The number of hydrogen-bond acceptors (Lipinski definition) is 3. The molecule has 1 saturated heterocycles. The topological polar surface area (TPSA) is 58.5 Å². The van der Waals surface area contributed by atoms with Gasteiger partial charge < -0.3 is 15.4 Å². The summed E-state index contributed by atoms with van der Waals surface area (Å²) < 4.78 is 5.83. The third-order valence-electron chi connectivity index (χ3n) is 4.62. The van der Waals surface area contributed by atoms with E-state index in [1.807, 2.05) is 18.5 Å². The van der Waals surface area contributed by atoms with E-state index in [-0.39, 0.29) is 5.60 Å². The van der Waals surface area contributed by atoms with Crippen LogP contribution in [0.15, 0.2) is 29.5 Å². The van der Waals surface area contributed by atoms with Gasteiger partial charge >= 0.3 is 0 Å². The van der Waals surface area contributed by atoms with Crippen LogP contribution in [0, 0.1) is 5.92 Å². The first-order valence-electron chi connectivity index (χ1n) is 9.10. The van der Waals surface area contributed by atoms with Gasteiger partial charge in [-0.3, -0.25) is 9.98 Å². The number of guanidine groups is 1. The highest BCUT2D eigenvalue weighted by molar-refractivity contribution is 5.79. The molecule has 0 aromatic carbocycles. The molecule has 1 aromatic rings. The van der Waals surface area contributed by atoms with Crippen LogP contribution in [0.2, 0.25) is 0 Å². The summed E-state index contributed by atoms with van der Waals surface area (Å²) >= 11 is 0. The summed E-state index contributed by atoms with van der Waals surface area (Å²) in [7, 11) is 0. The van der Waals surface area contributed by atoms with Crippen LogP contribution >= 0.6 is 0 Å². The normalized spacial score (nSPS) is 22.6. The predicted molar refractivity (Wildman–Crippen MR) is 99.4 cm³/mol. The molecule has 2 rings (SSSR count). The number of rotatable bonds is 7. The first kappa shape index (κ1) is 18.7. The quantitative estimate of drug-likeness (QED) is 0.595. The molecule has 2 N–H and O–H groups in total. The highest BCUT2D eigenvalue weighted by atomic mass is 16.5. The van der Waals surface area contributed by atoms with Crippen molar-refractivity contribution in [3.8, 4) is 0 Å². The summed E-state index contributed by atoms with van der Waals surface area (Å²) in [6.45, 7) is 12.0. The zero-order chi connectivity index (χ0) is 17.4. The van der Waals surface area contributed by atoms with Gasteiger partial charge in [0.25, 0.3) is 0 Å². The Bertz CT molecular complexity index is 509. The molecule has 1 aliphatic heterocycles. The van der Waals surface area contributed by atoms with Gasteiger partial charge in [-0.2, -0.15) is 0 Å². The van der Waals surface area contributed by atoms with Crippen molar-refractivity contribution in [1.29, 1.82) is 0 Å². The zero-order valence-corrected chi connectivity index (χ0v) is 15.5. The van der Waals surface area contributed by atoms with Gasteiger partial charge in [-0.1, -0.05) is 19.9 Å². The summed E-state index contributed by atoms with van der Waals surface area (Å²) in [5.74, 6) is 1.80. The van der Waals surface area contributed by atoms with Crippen LogP contribution in [-0.4, -0.2) is 42.8 Å². The Hall–Kier alpha value is -1.62. The van der Waals surface area contributed by atoms with Crippen molar-refractivity contribution in [2.45, 2.75) is 52.1 Å². The van der Waals surface area contributed by atoms with Gasteiger partial charge in [0.05, 0.1) is 12.1 Å². The number of pyridine rings is 1. The van der Waals surface area contributed by atoms with E-state index in [1.165, 1.54) is 5.56 Å². The lowest BCUT2D eigenvalue weighted by molar-refractivity contribution is 0.0283. The maximum Gasteiger partial charge on any atom is 0.191 e. The third kappa shape index (κ3) is 5.48. The molecule has 0 radical (unpaired) electrons. The molecule has 5 heteroatoms.